The van der Waals surface area contributed by atoms with E-state index in [0.29, 0.717) is 23.4 Å². The maximum absolute atomic E-state index is 13.4. The van der Waals surface area contributed by atoms with E-state index < -0.39 is 15.6 Å². The molecule has 0 spiro atoms. The predicted octanol–water partition coefficient (Wildman–Crippen LogP) is 3.97. The second-order valence-electron chi connectivity index (χ2n) is 7.56. The molecule has 0 fully saturated rings. The van der Waals surface area contributed by atoms with Crippen LogP contribution in [0, 0.1) is 5.92 Å². The van der Waals surface area contributed by atoms with Crippen LogP contribution < -0.4 is 10.9 Å². The Balaban J connectivity index is 1.97. The summed E-state index contributed by atoms with van der Waals surface area (Å²) in [6, 6.07) is 11.3. The molecule has 0 bridgehead atoms. The first kappa shape index (κ1) is 20.4. The molecule has 156 valence electrons. The molecule has 4 rings (SSSR count). The molecule has 7 nitrogen and oxygen atoms in total. The van der Waals surface area contributed by atoms with E-state index in [0.717, 1.165) is 6.42 Å². The van der Waals surface area contributed by atoms with E-state index in [1.165, 1.54) is 18.2 Å². The fourth-order valence-corrected chi connectivity index (χ4v) is 4.84. The van der Waals surface area contributed by atoms with Crippen LogP contribution in [0.5, 0.6) is 5.75 Å². The van der Waals surface area contributed by atoms with Crippen molar-refractivity contribution in [1.82, 2.24) is 4.57 Å². The topological polar surface area (TPSA) is 101 Å². The summed E-state index contributed by atoms with van der Waals surface area (Å²) < 4.78 is 30.8. The minimum atomic E-state index is -4.11. The maximum Gasteiger partial charge on any atom is 0.286 e. The van der Waals surface area contributed by atoms with E-state index in [4.69, 9.17) is 11.6 Å². The van der Waals surface area contributed by atoms with Crippen molar-refractivity contribution in [2.24, 2.45) is 10.3 Å². The van der Waals surface area contributed by atoms with Crippen molar-refractivity contribution in [2.75, 3.05) is 5.32 Å². The lowest BCUT2D eigenvalue weighted by molar-refractivity contribution is 0.474. The SMILES string of the molecule is CC(C)CCn1c(=O)c(C2=NS(=O)(=O)c3cc(Cl)ccc3N2)c(O)c2ccccc21. The van der Waals surface area contributed by atoms with Gasteiger partial charge in [-0.2, -0.15) is 8.42 Å². The van der Waals surface area contributed by atoms with Crippen LogP contribution in [0.4, 0.5) is 5.69 Å². The Labute approximate surface area is 178 Å². The van der Waals surface area contributed by atoms with Gasteiger partial charge in [0.05, 0.1) is 11.2 Å². The molecular weight excluding hydrogens is 426 g/mol. The summed E-state index contributed by atoms with van der Waals surface area (Å²) in [5.74, 6) is -0.165. The van der Waals surface area contributed by atoms with Gasteiger partial charge in [0.15, 0.2) is 5.84 Å². The molecular formula is C21H20ClN3O4S. The molecule has 0 amide bonds. The van der Waals surface area contributed by atoms with E-state index in [2.05, 4.69) is 23.6 Å². The van der Waals surface area contributed by atoms with Crippen LogP contribution in [-0.2, 0) is 16.6 Å². The molecule has 2 aromatic carbocycles. The number of aryl methyl sites for hydroxylation is 1. The average molecular weight is 446 g/mol. The monoisotopic (exact) mass is 445 g/mol. The smallest absolute Gasteiger partial charge is 0.286 e. The van der Waals surface area contributed by atoms with E-state index in [9.17, 15) is 18.3 Å². The number of fused-ring (bicyclic) bond motifs is 2. The highest BCUT2D eigenvalue weighted by atomic mass is 35.5. The molecule has 1 aromatic heterocycles. The quantitative estimate of drug-likeness (QED) is 0.632. The number of nitrogens with one attached hydrogen (secondary N) is 1. The van der Waals surface area contributed by atoms with Crippen molar-refractivity contribution in [2.45, 2.75) is 31.7 Å². The standard InChI is InChI=1S/C21H20ClN3O4S/c1-12(2)9-10-25-16-6-4-3-5-14(16)19(26)18(21(25)27)20-23-15-8-7-13(22)11-17(15)30(28,29)24-20/h3-8,11-12,26H,9-10H2,1-2H3,(H,23,24). The number of hydrogen-bond donors (Lipinski definition) is 2. The van der Waals surface area contributed by atoms with Gasteiger partial charge in [0.1, 0.15) is 16.2 Å². The number of aromatic hydroxyl groups is 1. The van der Waals surface area contributed by atoms with E-state index in [1.807, 2.05) is 0 Å². The average Bonchev–Trinajstić information content (AvgIpc) is 2.68. The number of rotatable bonds is 4. The molecule has 0 unspecified atom stereocenters. The van der Waals surface area contributed by atoms with E-state index >= 15 is 0 Å². The zero-order chi connectivity index (χ0) is 21.6. The normalized spacial score (nSPS) is 15.0. The number of aromatic nitrogens is 1. The Hall–Kier alpha value is -2.84. The van der Waals surface area contributed by atoms with Crippen LogP contribution in [0.3, 0.4) is 0 Å². The van der Waals surface area contributed by atoms with Gasteiger partial charge in [-0.25, -0.2) is 0 Å². The Morgan fingerprint density at radius 3 is 2.67 bits per heavy atom. The summed E-state index contributed by atoms with van der Waals surface area (Å²) in [4.78, 5) is 13.3. The zero-order valence-corrected chi connectivity index (χ0v) is 18.0. The molecule has 0 saturated heterocycles. The van der Waals surface area contributed by atoms with Gasteiger partial charge in [-0.05, 0) is 42.7 Å². The van der Waals surface area contributed by atoms with Gasteiger partial charge in [-0.1, -0.05) is 37.6 Å². The van der Waals surface area contributed by atoms with Crippen LogP contribution in [0.1, 0.15) is 25.8 Å². The van der Waals surface area contributed by atoms with Crippen molar-refractivity contribution >= 4 is 44.1 Å². The van der Waals surface area contributed by atoms with Gasteiger partial charge in [0, 0.05) is 17.0 Å². The van der Waals surface area contributed by atoms with E-state index in [-0.39, 0.29) is 32.8 Å². The first-order chi connectivity index (χ1) is 14.2. The molecule has 0 saturated carbocycles. The largest absolute Gasteiger partial charge is 0.506 e. The summed E-state index contributed by atoms with van der Waals surface area (Å²) in [6.07, 6.45) is 0.744. The second kappa shape index (κ2) is 7.45. The maximum atomic E-state index is 13.4. The zero-order valence-electron chi connectivity index (χ0n) is 16.4. The third kappa shape index (κ3) is 3.46. The molecule has 3 aromatic rings. The molecule has 2 heterocycles. The Morgan fingerprint density at radius 1 is 1.20 bits per heavy atom. The second-order valence-corrected chi connectivity index (χ2v) is 9.57. The molecule has 1 aliphatic heterocycles. The highest BCUT2D eigenvalue weighted by molar-refractivity contribution is 7.90. The van der Waals surface area contributed by atoms with Gasteiger partial charge in [-0.3, -0.25) is 4.79 Å². The first-order valence-electron chi connectivity index (χ1n) is 9.45. The number of benzene rings is 2. The number of halogens is 1. The van der Waals surface area contributed by atoms with Gasteiger partial charge < -0.3 is 15.0 Å². The molecule has 0 aliphatic carbocycles. The third-order valence-corrected chi connectivity index (χ3v) is 6.55. The lowest BCUT2D eigenvalue weighted by Gasteiger charge is -2.21. The Morgan fingerprint density at radius 2 is 1.93 bits per heavy atom. The molecule has 9 heteroatoms. The summed E-state index contributed by atoms with van der Waals surface area (Å²) in [6.45, 7) is 4.53. The molecule has 30 heavy (non-hydrogen) atoms. The fraction of sp³-hybridized carbons (Fsp3) is 0.238. The number of amidine groups is 1. The minimum Gasteiger partial charge on any atom is -0.506 e. The number of sulfonamides is 1. The number of hydrogen-bond acceptors (Lipinski definition) is 5. The van der Waals surface area contributed by atoms with E-state index in [1.54, 1.807) is 28.8 Å². The summed E-state index contributed by atoms with van der Waals surface area (Å²) in [5, 5.41) is 14.5. The summed E-state index contributed by atoms with van der Waals surface area (Å²) in [5.41, 5.74) is 0.133. The molecule has 0 atom stereocenters. The van der Waals surface area contributed by atoms with Crippen LogP contribution in [-0.4, -0.2) is 23.9 Å². The van der Waals surface area contributed by atoms with Crippen molar-refractivity contribution in [1.29, 1.82) is 0 Å². The van der Waals surface area contributed by atoms with Crippen molar-refractivity contribution in [3.63, 3.8) is 0 Å². The summed E-state index contributed by atoms with van der Waals surface area (Å²) >= 11 is 5.92. The molecule has 1 aliphatic rings. The number of para-hydroxylation sites is 1. The van der Waals surface area contributed by atoms with Crippen LogP contribution in [0.25, 0.3) is 10.9 Å². The van der Waals surface area contributed by atoms with Gasteiger partial charge in [0.25, 0.3) is 15.6 Å². The lowest BCUT2D eigenvalue weighted by Crippen LogP contribution is -2.33. The molecule has 0 radical (unpaired) electrons. The van der Waals surface area contributed by atoms with Gasteiger partial charge >= 0.3 is 0 Å². The summed E-state index contributed by atoms with van der Waals surface area (Å²) in [7, 11) is -4.11. The van der Waals surface area contributed by atoms with Crippen LogP contribution in [0.15, 0.2) is 56.6 Å². The number of anilines is 1. The highest BCUT2D eigenvalue weighted by Gasteiger charge is 2.30. The van der Waals surface area contributed by atoms with Crippen LogP contribution in [0.2, 0.25) is 5.02 Å². The van der Waals surface area contributed by atoms with Gasteiger partial charge in [-0.15, -0.1) is 4.40 Å². The number of pyridine rings is 1. The van der Waals surface area contributed by atoms with Crippen LogP contribution >= 0.6 is 11.6 Å². The Bertz CT molecular complexity index is 1360. The Kier molecular flexibility index (Phi) is 5.07. The fourth-order valence-electron chi connectivity index (χ4n) is 3.45. The minimum absolute atomic E-state index is 0.0841. The van der Waals surface area contributed by atoms with Gasteiger partial charge in [0.2, 0.25) is 0 Å². The lowest BCUT2D eigenvalue weighted by atomic mass is 10.1. The van der Waals surface area contributed by atoms with Crippen molar-refractivity contribution in [3.05, 3.63) is 63.4 Å². The highest BCUT2D eigenvalue weighted by Crippen LogP contribution is 2.33. The third-order valence-electron chi connectivity index (χ3n) is 5.00. The first-order valence-corrected chi connectivity index (χ1v) is 11.3. The molecule has 2 N–H and O–H groups in total. The predicted molar refractivity (Wildman–Crippen MR) is 118 cm³/mol. The van der Waals surface area contributed by atoms with Crippen molar-refractivity contribution < 1.29 is 13.5 Å². The number of nitrogens with zero attached hydrogens (tertiary/aromatic N) is 2. The van der Waals surface area contributed by atoms with Crippen molar-refractivity contribution in [3.8, 4) is 5.75 Å².